The molecule has 0 amide bonds. The summed E-state index contributed by atoms with van der Waals surface area (Å²) in [4.78, 5) is 0. The van der Waals surface area contributed by atoms with Crippen LogP contribution >= 0.6 is 11.6 Å². The standard InChI is InChI=1S/C32H39Cl/c1-2-3-4-5-6-25-9-15-28(16-10-25)29-17-11-26(12-18-29)7-8-27-13-19-30(20-14-27)31-21-23-32(33)24-22-31/h9-10,13-16,19-24,26,29H,2-8,11-12,17-18H2,1H3/t26-,29-. The maximum Gasteiger partial charge on any atom is 0.0406 e. The van der Waals surface area contributed by atoms with Crippen LogP contribution in [0.25, 0.3) is 11.1 Å². The molecule has 3 aromatic rings. The summed E-state index contributed by atoms with van der Waals surface area (Å²) in [6.45, 7) is 2.28. The second-order valence-corrected chi connectivity index (χ2v) is 10.4. The zero-order valence-corrected chi connectivity index (χ0v) is 21.0. The summed E-state index contributed by atoms with van der Waals surface area (Å²) in [6, 6.07) is 26.8. The molecule has 3 aromatic carbocycles. The largest absolute Gasteiger partial charge is 0.0843 e. The number of hydrogen-bond acceptors (Lipinski definition) is 0. The first kappa shape index (κ1) is 24.1. The topological polar surface area (TPSA) is 0 Å². The molecule has 0 unspecified atom stereocenters. The Hall–Kier alpha value is -2.05. The van der Waals surface area contributed by atoms with Gasteiger partial charge in [-0.1, -0.05) is 98.5 Å². The van der Waals surface area contributed by atoms with E-state index in [1.807, 2.05) is 12.1 Å². The highest BCUT2D eigenvalue weighted by Crippen LogP contribution is 2.37. The van der Waals surface area contributed by atoms with Crippen LogP contribution in [-0.2, 0) is 12.8 Å². The van der Waals surface area contributed by atoms with Crippen LogP contribution < -0.4 is 0 Å². The number of hydrogen-bond donors (Lipinski definition) is 0. The van der Waals surface area contributed by atoms with Crippen molar-refractivity contribution in [1.82, 2.24) is 0 Å². The normalized spacial score (nSPS) is 18.4. The van der Waals surface area contributed by atoms with Gasteiger partial charge in [0.15, 0.2) is 0 Å². The molecule has 0 heterocycles. The highest BCUT2D eigenvalue weighted by Gasteiger charge is 2.22. The fourth-order valence-corrected chi connectivity index (χ4v) is 5.50. The van der Waals surface area contributed by atoms with Gasteiger partial charge < -0.3 is 0 Å². The van der Waals surface area contributed by atoms with E-state index >= 15 is 0 Å². The molecular formula is C32H39Cl. The Balaban J connectivity index is 1.20. The Morgan fingerprint density at radius 3 is 1.85 bits per heavy atom. The highest BCUT2D eigenvalue weighted by molar-refractivity contribution is 6.30. The van der Waals surface area contributed by atoms with Crippen molar-refractivity contribution >= 4 is 11.6 Å². The van der Waals surface area contributed by atoms with E-state index in [1.165, 1.54) is 92.9 Å². The highest BCUT2D eigenvalue weighted by atomic mass is 35.5. The van der Waals surface area contributed by atoms with E-state index in [0.717, 1.165) is 16.9 Å². The molecule has 1 aliphatic carbocycles. The minimum atomic E-state index is 0.772. The second kappa shape index (κ2) is 12.4. The summed E-state index contributed by atoms with van der Waals surface area (Å²) >= 11 is 6.01. The zero-order chi connectivity index (χ0) is 22.9. The number of benzene rings is 3. The number of halogens is 1. The average molecular weight is 459 g/mol. The van der Waals surface area contributed by atoms with Gasteiger partial charge in [0.1, 0.15) is 0 Å². The molecule has 0 aromatic heterocycles. The van der Waals surface area contributed by atoms with Crippen molar-refractivity contribution < 1.29 is 0 Å². The van der Waals surface area contributed by atoms with E-state index in [0.29, 0.717) is 0 Å². The lowest BCUT2D eigenvalue weighted by molar-refractivity contribution is 0.310. The molecule has 1 fully saturated rings. The van der Waals surface area contributed by atoms with Crippen molar-refractivity contribution in [1.29, 1.82) is 0 Å². The fourth-order valence-electron chi connectivity index (χ4n) is 5.37. The van der Waals surface area contributed by atoms with E-state index in [4.69, 9.17) is 11.6 Å². The molecule has 1 aliphatic rings. The van der Waals surface area contributed by atoms with Gasteiger partial charge in [-0.3, -0.25) is 0 Å². The van der Waals surface area contributed by atoms with Gasteiger partial charge in [0.2, 0.25) is 0 Å². The predicted molar refractivity (Wildman–Crippen MR) is 144 cm³/mol. The monoisotopic (exact) mass is 458 g/mol. The molecule has 33 heavy (non-hydrogen) atoms. The van der Waals surface area contributed by atoms with Crippen molar-refractivity contribution in [3.63, 3.8) is 0 Å². The zero-order valence-electron chi connectivity index (χ0n) is 20.2. The molecule has 1 heteroatoms. The van der Waals surface area contributed by atoms with Crippen LogP contribution in [0.5, 0.6) is 0 Å². The van der Waals surface area contributed by atoms with Crippen LogP contribution in [0.2, 0.25) is 5.02 Å². The van der Waals surface area contributed by atoms with Crippen molar-refractivity contribution in [2.75, 3.05) is 0 Å². The van der Waals surface area contributed by atoms with Crippen LogP contribution in [0.4, 0.5) is 0 Å². The van der Waals surface area contributed by atoms with Gasteiger partial charge in [0, 0.05) is 5.02 Å². The van der Waals surface area contributed by atoms with E-state index in [1.54, 1.807) is 5.56 Å². The molecular weight excluding hydrogens is 420 g/mol. The van der Waals surface area contributed by atoms with Gasteiger partial charge in [0.05, 0.1) is 0 Å². The van der Waals surface area contributed by atoms with Crippen LogP contribution in [0.3, 0.4) is 0 Å². The second-order valence-electron chi connectivity index (χ2n) is 10.0. The van der Waals surface area contributed by atoms with Crippen LogP contribution in [0.1, 0.15) is 87.3 Å². The molecule has 1 saturated carbocycles. The SMILES string of the molecule is CCCCCCc1ccc([C@H]2CC[C@H](CCc3ccc(-c4ccc(Cl)cc4)cc3)CC2)cc1. The molecule has 174 valence electrons. The van der Waals surface area contributed by atoms with Crippen molar-refractivity contribution in [3.05, 3.63) is 94.5 Å². The maximum atomic E-state index is 6.01. The Labute approximate surface area is 206 Å². The number of aryl methyl sites for hydroxylation is 2. The maximum absolute atomic E-state index is 6.01. The third-order valence-corrected chi connectivity index (χ3v) is 7.84. The molecule has 0 nitrogen and oxygen atoms in total. The summed E-state index contributed by atoms with van der Waals surface area (Å²) in [5.41, 5.74) is 7.05. The number of rotatable bonds is 10. The third-order valence-electron chi connectivity index (χ3n) is 7.59. The van der Waals surface area contributed by atoms with Crippen molar-refractivity contribution in [2.45, 2.75) is 83.5 Å². The molecule has 0 atom stereocenters. The van der Waals surface area contributed by atoms with E-state index < -0.39 is 0 Å². The quantitative estimate of drug-likeness (QED) is 0.265. The Morgan fingerprint density at radius 2 is 1.21 bits per heavy atom. The molecule has 0 spiro atoms. The van der Waals surface area contributed by atoms with Gasteiger partial charge in [0.25, 0.3) is 0 Å². The summed E-state index contributed by atoms with van der Waals surface area (Å²) in [5, 5.41) is 0.792. The molecule has 4 rings (SSSR count). The van der Waals surface area contributed by atoms with Crippen LogP contribution in [-0.4, -0.2) is 0 Å². The minimum Gasteiger partial charge on any atom is -0.0843 e. The lowest BCUT2D eigenvalue weighted by Gasteiger charge is -2.29. The Kier molecular flexibility index (Phi) is 9.07. The smallest absolute Gasteiger partial charge is 0.0406 e. The predicted octanol–water partition coefficient (Wildman–Crippen LogP) is 10.0. The Morgan fingerprint density at radius 1 is 0.636 bits per heavy atom. The third kappa shape index (κ3) is 7.21. The molecule has 0 radical (unpaired) electrons. The summed E-state index contributed by atoms with van der Waals surface area (Å²) in [6.07, 6.45) is 14.6. The van der Waals surface area contributed by atoms with Crippen molar-refractivity contribution in [3.8, 4) is 11.1 Å². The molecule has 0 N–H and O–H groups in total. The number of unbranched alkanes of at least 4 members (excludes halogenated alkanes) is 3. The fraction of sp³-hybridized carbons (Fsp3) is 0.438. The average Bonchev–Trinajstić information content (AvgIpc) is 2.87. The molecule has 0 aliphatic heterocycles. The summed E-state index contributed by atoms with van der Waals surface area (Å²) in [7, 11) is 0. The first-order chi connectivity index (χ1) is 16.2. The summed E-state index contributed by atoms with van der Waals surface area (Å²) < 4.78 is 0. The van der Waals surface area contributed by atoms with Gasteiger partial charge >= 0.3 is 0 Å². The van der Waals surface area contributed by atoms with Crippen LogP contribution in [0.15, 0.2) is 72.8 Å². The van der Waals surface area contributed by atoms with Gasteiger partial charge in [-0.25, -0.2) is 0 Å². The first-order valence-electron chi connectivity index (χ1n) is 13.1. The Bertz CT molecular complexity index is 945. The van der Waals surface area contributed by atoms with Gasteiger partial charge in [-0.2, -0.15) is 0 Å². The van der Waals surface area contributed by atoms with Crippen LogP contribution in [0, 0.1) is 5.92 Å². The molecule has 0 saturated heterocycles. The summed E-state index contributed by atoms with van der Waals surface area (Å²) in [5.74, 6) is 1.66. The minimum absolute atomic E-state index is 0.772. The lowest BCUT2D eigenvalue weighted by Crippen LogP contribution is -2.14. The van der Waals surface area contributed by atoms with Gasteiger partial charge in [-0.05, 0) is 103 Å². The van der Waals surface area contributed by atoms with Gasteiger partial charge in [-0.15, -0.1) is 0 Å². The van der Waals surface area contributed by atoms with E-state index in [9.17, 15) is 0 Å². The van der Waals surface area contributed by atoms with E-state index in [-0.39, 0.29) is 0 Å². The molecule has 0 bridgehead atoms. The van der Waals surface area contributed by atoms with E-state index in [2.05, 4.69) is 67.6 Å². The lowest BCUT2D eigenvalue weighted by atomic mass is 9.76. The van der Waals surface area contributed by atoms with Crippen molar-refractivity contribution in [2.24, 2.45) is 5.92 Å². The first-order valence-corrected chi connectivity index (χ1v) is 13.5.